The Morgan fingerprint density at radius 3 is 2.52 bits per heavy atom. The summed E-state index contributed by atoms with van der Waals surface area (Å²) in [5.41, 5.74) is 1.92. The zero-order chi connectivity index (χ0) is 19.6. The summed E-state index contributed by atoms with van der Waals surface area (Å²) in [5, 5.41) is 4.97. The third-order valence-electron chi connectivity index (χ3n) is 4.81. The van der Waals surface area contributed by atoms with Gasteiger partial charge in [0.2, 0.25) is 0 Å². The normalized spacial score (nSPS) is 17.1. The van der Waals surface area contributed by atoms with Gasteiger partial charge in [-0.2, -0.15) is 0 Å². The molecule has 2 aromatic carbocycles. The molecule has 6 heteroatoms. The molecule has 2 aromatic rings. The molecule has 0 saturated heterocycles. The van der Waals surface area contributed by atoms with Crippen LogP contribution in [0.4, 0.5) is 4.79 Å². The summed E-state index contributed by atoms with van der Waals surface area (Å²) in [4.78, 5) is 26.7. The van der Waals surface area contributed by atoms with Gasteiger partial charge < -0.3 is 14.8 Å². The van der Waals surface area contributed by atoms with Crippen LogP contribution in [0.3, 0.4) is 0 Å². The van der Waals surface area contributed by atoms with Crippen molar-refractivity contribution in [3.05, 3.63) is 53.2 Å². The molecule has 27 heavy (non-hydrogen) atoms. The number of allylic oxidation sites excluding steroid dienone is 1. The van der Waals surface area contributed by atoms with Crippen LogP contribution in [0, 0.1) is 0 Å². The van der Waals surface area contributed by atoms with Gasteiger partial charge in [-0.25, -0.2) is 9.59 Å². The quantitative estimate of drug-likeness (QED) is 0.816. The Morgan fingerprint density at radius 1 is 1.15 bits per heavy atom. The van der Waals surface area contributed by atoms with Gasteiger partial charge in [0.05, 0.1) is 25.3 Å². The molecule has 0 bridgehead atoms. The molecule has 0 aromatic heterocycles. The number of carbonyl (C=O) groups is 2. The number of methoxy groups -OCH3 is 1. The highest BCUT2D eigenvalue weighted by molar-refractivity contribution is 5.95. The van der Waals surface area contributed by atoms with Crippen LogP contribution in [0.5, 0.6) is 5.75 Å². The Kier molecular flexibility index (Phi) is 5.35. The van der Waals surface area contributed by atoms with E-state index in [1.807, 2.05) is 43.3 Å². The number of nitrogens with one attached hydrogen (secondary N) is 1. The lowest BCUT2D eigenvalue weighted by Crippen LogP contribution is -2.47. The summed E-state index contributed by atoms with van der Waals surface area (Å²) in [5.74, 6) is 0.371. The van der Waals surface area contributed by atoms with E-state index < -0.39 is 12.0 Å². The molecular weight excluding hydrogens is 344 g/mol. The maximum absolute atomic E-state index is 12.6. The molecule has 1 atom stereocenters. The van der Waals surface area contributed by atoms with Gasteiger partial charge in [0, 0.05) is 12.2 Å². The molecule has 1 N–H and O–H groups in total. The van der Waals surface area contributed by atoms with Gasteiger partial charge in [0.25, 0.3) is 0 Å². The molecule has 1 aliphatic heterocycles. The van der Waals surface area contributed by atoms with Gasteiger partial charge in [0.1, 0.15) is 5.75 Å². The van der Waals surface area contributed by atoms with E-state index in [0.717, 1.165) is 22.1 Å². The fraction of sp³-hybridized carbons (Fsp3) is 0.333. The summed E-state index contributed by atoms with van der Waals surface area (Å²) in [6, 6.07) is 10.9. The van der Waals surface area contributed by atoms with E-state index in [-0.39, 0.29) is 12.6 Å². The number of rotatable bonds is 5. The van der Waals surface area contributed by atoms with E-state index in [2.05, 4.69) is 5.32 Å². The lowest BCUT2D eigenvalue weighted by Gasteiger charge is -2.34. The summed E-state index contributed by atoms with van der Waals surface area (Å²) in [7, 11) is 1.63. The van der Waals surface area contributed by atoms with Crippen molar-refractivity contribution in [2.75, 3.05) is 20.3 Å². The van der Waals surface area contributed by atoms with Crippen LogP contribution in [-0.4, -0.2) is 37.2 Å². The number of fused-ring (bicyclic) bond motifs is 1. The number of amides is 2. The second kappa shape index (κ2) is 7.70. The molecule has 142 valence electrons. The lowest BCUT2D eigenvalue weighted by atomic mass is 9.93. The first-order chi connectivity index (χ1) is 13.0. The average Bonchev–Trinajstić information content (AvgIpc) is 2.67. The number of urea groups is 1. The minimum absolute atomic E-state index is 0.220. The standard InChI is InChI=1S/C21H24N2O4/c1-5-23-13(3)18(20(24)27-6-2)19(22-21(23)25)16-8-7-15-12-17(26-4)10-9-14(15)11-16/h7-12,19H,5-6H2,1-4H3,(H,22,25)/t19-/m0/s1. The van der Waals surface area contributed by atoms with Crippen LogP contribution in [0.2, 0.25) is 0 Å². The Morgan fingerprint density at radius 2 is 1.85 bits per heavy atom. The van der Waals surface area contributed by atoms with E-state index in [1.54, 1.807) is 25.9 Å². The molecule has 0 spiro atoms. The Bertz CT molecular complexity index is 920. The largest absolute Gasteiger partial charge is 0.497 e. The lowest BCUT2D eigenvalue weighted by molar-refractivity contribution is -0.139. The van der Waals surface area contributed by atoms with Gasteiger partial charge in [-0.15, -0.1) is 0 Å². The predicted octanol–water partition coefficient (Wildman–Crippen LogP) is 3.77. The maximum atomic E-state index is 12.6. The number of benzene rings is 2. The van der Waals surface area contributed by atoms with Crippen molar-refractivity contribution in [2.24, 2.45) is 0 Å². The second-order valence-electron chi connectivity index (χ2n) is 6.32. The van der Waals surface area contributed by atoms with Gasteiger partial charge >= 0.3 is 12.0 Å². The molecule has 6 nitrogen and oxygen atoms in total. The van der Waals surface area contributed by atoms with Crippen LogP contribution >= 0.6 is 0 Å². The smallest absolute Gasteiger partial charge is 0.338 e. The van der Waals surface area contributed by atoms with Gasteiger partial charge in [-0.05, 0) is 55.3 Å². The number of hydrogen-bond acceptors (Lipinski definition) is 4. The molecular formula is C21H24N2O4. The number of esters is 1. The van der Waals surface area contributed by atoms with Crippen molar-refractivity contribution >= 4 is 22.8 Å². The van der Waals surface area contributed by atoms with Crippen molar-refractivity contribution in [3.63, 3.8) is 0 Å². The first kappa shape index (κ1) is 18.8. The molecule has 0 saturated carbocycles. The van der Waals surface area contributed by atoms with E-state index in [9.17, 15) is 9.59 Å². The Hall–Kier alpha value is -3.02. The van der Waals surface area contributed by atoms with Crippen molar-refractivity contribution in [2.45, 2.75) is 26.8 Å². The number of carbonyl (C=O) groups excluding carboxylic acids is 2. The number of nitrogens with zero attached hydrogens (tertiary/aromatic N) is 1. The molecule has 1 heterocycles. The first-order valence-corrected chi connectivity index (χ1v) is 9.03. The van der Waals surface area contributed by atoms with Gasteiger partial charge in [0.15, 0.2) is 0 Å². The number of ether oxygens (including phenoxy) is 2. The van der Waals surface area contributed by atoms with Crippen molar-refractivity contribution in [3.8, 4) is 5.75 Å². The van der Waals surface area contributed by atoms with Crippen molar-refractivity contribution < 1.29 is 19.1 Å². The SMILES string of the molecule is CCOC(=O)C1=C(C)N(CC)C(=O)N[C@H]1c1ccc2cc(OC)ccc2c1. The van der Waals surface area contributed by atoms with Crippen LogP contribution < -0.4 is 10.1 Å². The van der Waals surface area contributed by atoms with Crippen LogP contribution in [0.1, 0.15) is 32.4 Å². The molecule has 0 radical (unpaired) electrons. The molecule has 0 unspecified atom stereocenters. The van der Waals surface area contributed by atoms with Gasteiger partial charge in [-0.1, -0.05) is 18.2 Å². The molecule has 1 aliphatic rings. The zero-order valence-electron chi connectivity index (χ0n) is 16.0. The third-order valence-corrected chi connectivity index (χ3v) is 4.81. The maximum Gasteiger partial charge on any atom is 0.338 e. The molecule has 0 fully saturated rings. The van der Waals surface area contributed by atoms with E-state index >= 15 is 0 Å². The summed E-state index contributed by atoms with van der Waals surface area (Å²) < 4.78 is 10.5. The fourth-order valence-electron chi connectivity index (χ4n) is 3.43. The summed E-state index contributed by atoms with van der Waals surface area (Å²) >= 11 is 0. The highest BCUT2D eigenvalue weighted by atomic mass is 16.5. The first-order valence-electron chi connectivity index (χ1n) is 9.03. The number of hydrogen-bond donors (Lipinski definition) is 1. The molecule has 2 amide bonds. The minimum Gasteiger partial charge on any atom is -0.497 e. The van der Waals surface area contributed by atoms with E-state index in [4.69, 9.17) is 9.47 Å². The minimum atomic E-state index is -0.550. The van der Waals surface area contributed by atoms with Crippen molar-refractivity contribution in [1.29, 1.82) is 0 Å². The second-order valence-corrected chi connectivity index (χ2v) is 6.32. The average molecular weight is 368 g/mol. The highest BCUT2D eigenvalue weighted by Crippen LogP contribution is 2.33. The predicted molar refractivity (Wildman–Crippen MR) is 103 cm³/mol. The molecule has 3 rings (SSSR count). The van der Waals surface area contributed by atoms with Crippen LogP contribution in [0.25, 0.3) is 10.8 Å². The van der Waals surface area contributed by atoms with Gasteiger partial charge in [-0.3, -0.25) is 4.90 Å². The Labute approximate surface area is 158 Å². The van der Waals surface area contributed by atoms with E-state index in [0.29, 0.717) is 17.8 Å². The topological polar surface area (TPSA) is 67.9 Å². The fourth-order valence-corrected chi connectivity index (χ4v) is 3.43. The summed E-state index contributed by atoms with van der Waals surface area (Å²) in [6.45, 7) is 6.18. The monoisotopic (exact) mass is 368 g/mol. The zero-order valence-corrected chi connectivity index (χ0v) is 16.0. The highest BCUT2D eigenvalue weighted by Gasteiger charge is 2.35. The van der Waals surface area contributed by atoms with Crippen LogP contribution in [0.15, 0.2) is 47.7 Å². The summed E-state index contributed by atoms with van der Waals surface area (Å²) in [6.07, 6.45) is 0. The molecule has 0 aliphatic carbocycles. The van der Waals surface area contributed by atoms with E-state index in [1.165, 1.54) is 0 Å². The van der Waals surface area contributed by atoms with Crippen LogP contribution in [-0.2, 0) is 9.53 Å². The third kappa shape index (κ3) is 3.47. The van der Waals surface area contributed by atoms with Crippen molar-refractivity contribution in [1.82, 2.24) is 10.2 Å². The Balaban J connectivity index is 2.09.